The maximum atomic E-state index is 13.0. The number of hydrogen-bond donors (Lipinski definition) is 2. The molecule has 0 aliphatic carbocycles. The molecule has 1 rings (SSSR count). The molecular formula is C11H15FN2O. The van der Waals surface area contributed by atoms with E-state index in [0.717, 1.165) is 5.56 Å². The van der Waals surface area contributed by atoms with Gasteiger partial charge in [0.05, 0.1) is 0 Å². The predicted octanol–water partition coefficient (Wildman–Crippen LogP) is 1.68. The van der Waals surface area contributed by atoms with Gasteiger partial charge in [0.25, 0.3) is 0 Å². The molecule has 0 heterocycles. The summed E-state index contributed by atoms with van der Waals surface area (Å²) >= 11 is 0. The number of rotatable bonds is 3. The Balaban J connectivity index is 2.76. The minimum atomic E-state index is -0.379. The van der Waals surface area contributed by atoms with Gasteiger partial charge in [-0.25, -0.2) is 4.39 Å². The Labute approximate surface area is 88.7 Å². The first-order valence-corrected chi connectivity index (χ1v) is 4.78. The standard InChI is InChI=1S/C11H15FN2O/c1-7-4-9(12)6-10(5-7)14-8(2)11(15)13-3/h4-6,8,14H,1-3H3,(H,13,15). The van der Waals surface area contributed by atoms with Crippen LogP contribution in [0.15, 0.2) is 18.2 Å². The summed E-state index contributed by atoms with van der Waals surface area (Å²) < 4.78 is 13.0. The molecule has 1 atom stereocenters. The Morgan fingerprint density at radius 2 is 2.07 bits per heavy atom. The zero-order chi connectivity index (χ0) is 11.4. The third-order valence-electron chi connectivity index (χ3n) is 2.06. The van der Waals surface area contributed by atoms with Crippen molar-refractivity contribution in [1.82, 2.24) is 5.32 Å². The molecule has 0 radical (unpaired) electrons. The lowest BCUT2D eigenvalue weighted by molar-refractivity contribution is -0.121. The van der Waals surface area contributed by atoms with Crippen molar-refractivity contribution in [3.63, 3.8) is 0 Å². The summed E-state index contributed by atoms with van der Waals surface area (Å²) in [5.74, 6) is -0.432. The third-order valence-corrected chi connectivity index (χ3v) is 2.06. The van der Waals surface area contributed by atoms with Crippen LogP contribution < -0.4 is 10.6 Å². The lowest BCUT2D eigenvalue weighted by atomic mass is 10.2. The largest absolute Gasteiger partial charge is 0.374 e. The molecule has 0 aliphatic heterocycles. The number of hydrogen-bond acceptors (Lipinski definition) is 2. The van der Waals surface area contributed by atoms with E-state index in [1.165, 1.54) is 12.1 Å². The smallest absolute Gasteiger partial charge is 0.241 e. The summed E-state index contributed by atoms with van der Waals surface area (Å²) in [6.45, 7) is 3.53. The van der Waals surface area contributed by atoms with Crippen LogP contribution in [0.5, 0.6) is 0 Å². The number of halogens is 1. The molecule has 4 heteroatoms. The van der Waals surface area contributed by atoms with Crippen LogP contribution >= 0.6 is 0 Å². The third kappa shape index (κ3) is 3.23. The number of likely N-dealkylation sites (N-methyl/N-ethyl adjacent to an activating group) is 1. The topological polar surface area (TPSA) is 41.1 Å². The van der Waals surface area contributed by atoms with Gasteiger partial charge in [0, 0.05) is 12.7 Å². The first-order valence-electron chi connectivity index (χ1n) is 4.78. The molecular weight excluding hydrogens is 195 g/mol. The molecule has 0 aromatic heterocycles. The zero-order valence-electron chi connectivity index (χ0n) is 9.10. The van der Waals surface area contributed by atoms with Gasteiger partial charge in [-0.05, 0) is 37.6 Å². The molecule has 1 aromatic rings. The molecule has 1 amide bonds. The lowest BCUT2D eigenvalue weighted by Gasteiger charge is -2.14. The molecule has 0 bridgehead atoms. The number of anilines is 1. The molecule has 2 N–H and O–H groups in total. The van der Waals surface area contributed by atoms with E-state index in [9.17, 15) is 9.18 Å². The fourth-order valence-electron chi connectivity index (χ4n) is 1.35. The van der Waals surface area contributed by atoms with Crippen molar-refractivity contribution < 1.29 is 9.18 Å². The summed E-state index contributed by atoms with van der Waals surface area (Å²) in [7, 11) is 1.57. The number of amides is 1. The van der Waals surface area contributed by atoms with Gasteiger partial charge in [0.2, 0.25) is 5.91 Å². The van der Waals surface area contributed by atoms with Gasteiger partial charge in [0.15, 0.2) is 0 Å². The van der Waals surface area contributed by atoms with Crippen molar-refractivity contribution in [3.05, 3.63) is 29.6 Å². The quantitative estimate of drug-likeness (QED) is 0.797. The summed E-state index contributed by atoms with van der Waals surface area (Å²) in [5.41, 5.74) is 1.44. The summed E-state index contributed by atoms with van der Waals surface area (Å²) in [6.07, 6.45) is 0. The number of carbonyl (C=O) groups excluding carboxylic acids is 1. The molecule has 1 unspecified atom stereocenters. The van der Waals surface area contributed by atoms with E-state index in [-0.39, 0.29) is 17.8 Å². The van der Waals surface area contributed by atoms with Crippen molar-refractivity contribution in [2.45, 2.75) is 19.9 Å². The Bertz CT molecular complexity index is 345. The highest BCUT2D eigenvalue weighted by molar-refractivity contribution is 5.83. The minimum absolute atomic E-state index is 0.128. The molecule has 0 saturated carbocycles. The first-order chi connectivity index (χ1) is 7.02. The minimum Gasteiger partial charge on any atom is -0.374 e. The normalized spacial score (nSPS) is 12.0. The molecule has 15 heavy (non-hydrogen) atoms. The van der Waals surface area contributed by atoms with Crippen LogP contribution in [0.1, 0.15) is 12.5 Å². The predicted molar refractivity (Wildman–Crippen MR) is 58.3 cm³/mol. The monoisotopic (exact) mass is 210 g/mol. The van der Waals surface area contributed by atoms with E-state index in [0.29, 0.717) is 5.69 Å². The molecule has 3 nitrogen and oxygen atoms in total. The molecule has 0 fully saturated rings. The fourth-order valence-corrected chi connectivity index (χ4v) is 1.35. The van der Waals surface area contributed by atoms with Gasteiger partial charge in [-0.3, -0.25) is 4.79 Å². The van der Waals surface area contributed by atoms with Gasteiger partial charge in [-0.15, -0.1) is 0 Å². The Morgan fingerprint density at radius 3 is 2.60 bits per heavy atom. The molecule has 0 saturated heterocycles. The van der Waals surface area contributed by atoms with Crippen LogP contribution in [0, 0.1) is 12.7 Å². The highest BCUT2D eigenvalue weighted by atomic mass is 19.1. The number of nitrogens with one attached hydrogen (secondary N) is 2. The second kappa shape index (κ2) is 4.77. The van der Waals surface area contributed by atoms with E-state index in [4.69, 9.17) is 0 Å². The van der Waals surface area contributed by atoms with Gasteiger partial charge in [-0.1, -0.05) is 0 Å². The Hall–Kier alpha value is -1.58. The second-order valence-electron chi connectivity index (χ2n) is 3.50. The Kier molecular flexibility index (Phi) is 3.66. The summed E-state index contributed by atoms with van der Waals surface area (Å²) in [4.78, 5) is 11.2. The van der Waals surface area contributed by atoms with Crippen molar-refractivity contribution in [1.29, 1.82) is 0 Å². The van der Waals surface area contributed by atoms with Crippen molar-refractivity contribution in [2.75, 3.05) is 12.4 Å². The molecule has 82 valence electrons. The van der Waals surface area contributed by atoms with E-state index >= 15 is 0 Å². The van der Waals surface area contributed by atoms with Crippen molar-refractivity contribution in [2.24, 2.45) is 0 Å². The maximum absolute atomic E-state index is 13.0. The summed E-state index contributed by atoms with van der Waals surface area (Å²) in [6, 6.07) is 4.22. The highest BCUT2D eigenvalue weighted by Gasteiger charge is 2.10. The molecule has 0 aliphatic rings. The summed E-state index contributed by atoms with van der Waals surface area (Å²) in [5, 5.41) is 5.44. The van der Waals surface area contributed by atoms with Crippen LogP contribution in [0.3, 0.4) is 0 Å². The second-order valence-corrected chi connectivity index (χ2v) is 3.50. The van der Waals surface area contributed by atoms with Crippen LogP contribution in [0.25, 0.3) is 0 Å². The van der Waals surface area contributed by atoms with Crippen molar-refractivity contribution >= 4 is 11.6 Å². The van der Waals surface area contributed by atoms with Crippen molar-refractivity contribution in [3.8, 4) is 0 Å². The number of aryl methyl sites for hydroxylation is 1. The highest BCUT2D eigenvalue weighted by Crippen LogP contribution is 2.14. The number of benzene rings is 1. The van der Waals surface area contributed by atoms with Gasteiger partial charge >= 0.3 is 0 Å². The SMILES string of the molecule is CNC(=O)C(C)Nc1cc(C)cc(F)c1. The number of carbonyl (C=O) groups is 1. The van der Waals surface area contributed by atoms with Crippen LogP contribution in [0.2, 0.25) is 0 Å². The zero-order valence-corrected chi connectivity index (χ0v) is 9.10. The van der Waals surface area contributed by atoms with Crippen LogP contribution in [-0.2, 0) is 4.79 Å². The van der Waals surface area contributed by atoms with E-state index in [1.54, 1.807) is 27.0 Å². The maximum Gasteiger partial charge on any atom is 0.241 e. The fraction of sp³-hybridized carbons (Fsp3) is 0.364. The average molecular weight is 210 g/mol. The lowest BCUT2D eigenvalue weighted by Crippen LogP contribution is -2.35. The van der Waals surface area contributed by atoms with Crippen LogP contribution in [-0.4, -0.2) is 19.0 Å². The Morgan fingerprint density at radius 1 is 1.40 bits per heavy atom. The van der Waals surface area contributed by atoms with Gasteiger partial charge < -0.3 is 10.6 Å². The van der Waals surface area contributed by atoms with E-state index in [1.807, 2.05) is 0 Å². The van der Waals surface area contributed by atoms with E-state index < -0.39 is 0 Å². The molecule has 0 spiro atoms. The first kappa shape index (κ1) is 11.5. The van der Waals surface area contributed by atoms with Gasteiger partial charge in [0.1, 0.15) is 11.9 Å². The average Bonchev–Trinajstić information content (AvgIpc) is 2.14. The molecule has 1 aromatic carbocycles. The van der Waals surface area contributed by atoms with E-state index in [2.05, 4.69) is 10.6 Å². The van der Waals surface area contributed by atoms with Gasteiger partial charge in [-0.2, -0.15) is 0 Å². The van der Waals surface area contributed by atoms with Crippen LogP contribution in [0.4, 0.5) is 10.1 Å².